The van der Waals surface area contributed by atoms with Crippen molar-refractivity contribution in [3.63, 3.8) is 0 Å². The van der Waals surface area contributed by atoms with Gasteiger partial charge in [0, 0.05) is 32.2 Å². The van der Waals surface area contributed by atoms with Gasteiger partial charge in [-0.25, -0.2) is 0 Å². The molecule has 3 atom stereocenters. The van der Waals surface area contributed by atoms with Crippen LogP contribution in [0.4, 0.5) is 0 Å². The molecule has 1 aliphatic heterocycles. The van der Waals surface area contributed by atoms with Crippen molar-refractivity contribution in [1.29, 1.82) is 0 Å². The van der Waals surface area contributed by atoms with E-state index in [1.807, 2.05) is 7.05 Å². The normalized spacial score (nSPS) is 21.2. The Morgan fingerprint density at radius 1 is 1.36 bits per heavy atom. The van der Waals surface area contributed by atoms with E-state index in [4.69, 9.17) is 4.74 Å². The molecule has 1 fully saturated rings. The number of halogens is 1. The second-order valence-electron chi connectivity index (χ2n) is 6.69. The molecule has 1 aromatic carbocycles. The van der Waals surface area contributed by atoms with Gasteiger partial charge in [0.05, 0.1) is 19.3 Å². The molecule has 1 aliphatic rings. The van der Waals surface area contributed by atoms with E-state index in [1.54, 1.807) is 0 Å². The van der Waals surface area contributed by atoms with Gasteiger partial charge in [0.1, 0.15) is 0 Å². The molecule has 0 saturated carbocycles. The Morgan fingerprint density at radius 2 is 2.08 bits per heavy atom. The number of rotatable bonds is 5. The molecule has 1 aromatic rings. The topological polar surface area (TPSA) is 48.9 Å². The quantitative estimate of drug-likeness (QED) is 0.403. The van der Waals surface area contributed by atoms with Crippen LogP contribution in [0.2, 0.25) is 0 Å². The van der Waals surface area contributed by atoms with Crippen molar-refractivity contribution in [2.75, 3.05) is 33.4 Å². The number of morpholine rings is 1. The van der Waals surface area contributed by atoms with Crippen molar-refractivity contribution in [2.24, 2.45) is 4.99 Å². The molecule has 6 heteroatoms. The minimum absolute atomic E-state index is 0. The number of ether oxygens (including phenoxy) is 1. The monoisotopic (exact) mass is 460 g/mol. The summed E-state index contributed by atoms with van der Waals surface area (Å²) in [6.07, 6.45) is 0. The van der Waals surface area contributed by atoms with Gasteiger partial charge in [-0.15, -0.1) is 24.0 Å². The van der Waals surface area contributed by atoms with Crippen LogP contribution in [0.15, 0.2) is 29.3 Å². The van der Waals surface area contributed by atoms with Crippen molar-refractivity contribution >= 4 is 29.9 Å². The molecule has 0 radical (unpaired) electrons. The number of aliphatic imine (C=N–C) groups is 1. The summed E-state index contributed by atoms with van der Waals surface area (Å²) in [6, 6.07) is 9.59. The zero-order valence-electron chi connectivity index (χ0n) is 16.1. The summed E-state index contributed by atoms with van der Waals surface area (Å²) >= 11 is 0. The number of nitrogens with zero attached hydrogens (tertiary/aromatic N) is 2. The molecule has 1 heterocycles. The van der Waals surface area contributed by atoms with E-state index in [0.29, 0.717) is 12.1 Å². The third-order valence-electron chi connectivity index (χ3n) is 4.78. The summed E-state index contributed by atoms with van der Waals surface area (Å²) < 4.78 is 5.52. The maximum atomic E-state index is 5.52. The third-order valence-corrected chi connectivity index (χ3v) is 4.78. The predicted molar refractivity (Wildman–Crippen MR) is 116 cm³/mol. The van der Waals surface area contributed by atoms with Gasteiger partial charge in [-0.1, -0.05) is 24.3 Å². The highest BCUT2D eigenvalue weighted by molar-refractivity contribution is 14.0. The van der Waals surface area contributed by atoms with Crippen LogP contribution in [0.3, 0.4) is 0 Å². The molecule has 3 unspecified atom stereocenters. The van der Waals surface area contributed by atoms with Gasteiger partial charge >= 0.3 is 0 Å². The Morgan fingerprint density at radius 3 is 2.72 bits per heavy atom. The van der Waals surface area contributed by atoms with E-state index >= 15 is 0 Å². The molecule has 25 heavy (non-hydrogen) atoms. The lowest BCUT2D eigenvalue weighted by atomic mass is 10.0. The van der Waals surface area contributed by atoms with Gasteiger partial charge in [0.25, 0.3) is 0 Å². The summed E-state index contributed by atoms with van der Waals surface area (Å²) in [5.74, 6) is 0.846. The summed E-state index contributed by atoms with van der Waals surface area (Å²) in [5, 5.41) is 6.95. The largest absolute Gasteiger partial charge is 0.379 e. The first-order valence-electron chi connectivity index (χ1n) is 8.89. The highest BCUT2D eigenvalue weighted by Gasteiger charge is 2.23. The zero-order valence-corrected chi connectivity index (χ0v) is 18.4. The fourth-order valence-electron chi connectivity index (χ4n) is 3.31. The number of aryl methyl sites for hydroxylation is 1. The molecular weight excluding hydrogens is 427 g/mol. The van der Waals surface area contributed by atoms with Gasteiger partial charge < -0.3 is 15.4 Å². The maximum Gasteiger partial charge on any atom is 0.191 e. The van der Waals surface area contributed by atoms with Gasteiger partial charge in [-0.05, 0) is 38.8 Å². The van der Waals surface area contributed by atoms with E-state index in [2.05, 4.69) is 72.5 Å². The van der Waals surface area contributed by atoms with Gasteiger partial charge in [0.15, 0.2) is 5.96 Å². The first-order chi connectivity index (χ1) is 11.5. The van der Waals surface area contributed by atoms with Crippen LogP contribution in [0.1, 0.15) is 37.9 Å². The average Bonchev–Trinajstić information content (AvgIpc) is 2.58. The van der Waals surface area contributed by atoms with E-state index in [1.165, 1.54) is 11.1 Å². The van der Waals surface area contributed by atoms with Crippen molar-refractivity contribution in [3.05, 3.63) is 35.4 Å². The molecule has 0 aliphatic carbocycles. The van der Waals surface area contributed by atoms with E-state index < -0.39 is 0 Å². The predicted octanol–water partition coefficient (Wildman–Crippen LogP) is 2.95. The lowest BCUT2D eigenvalue weighted by molar-refractivity contribution is -0.0174. The van der Waals surface area contributed by atoms with Crippen molar-refractivity contribution < 1.29 is 4.74 Å². The Bertz CT molecular complexity index is 552. The Labute approximate surface area is 169 Å². The molecule has 0 bridgehead atoms. The summed E-state index contributed by atoms with van der Waals surface area (Å²) in [6.45, 7) is 12.3. The van der Waals surface area contributed by atoms with Gasteiger partial charge in [-0.3, -0.25) is 9.89 Å². The fourth-order valence-corrected chi connectivity index (χ4v) is 3.31. The second kappa shape index (κ2) is 11.0. The number of nitrogens with one attached hydrogen (secondary N) is 2. The van der Waals surface area contributed by atoms with Crippen LogP contribution >= 0.6 is 24.0 Å². The van der Waals surface area contributed by atoms with Crippen LogP contribution in [-0.2, 0) is 4.74 Å². The molecule has 142 valence electrons. The van der Waals surface area contributed by atoms with E-state index in [9.17, 15) is 0 Å². The standard InChI is InChI=1S/C19H32N4O.HI/c1-14-8-6-7-9-18(14)17(4)22-19(20-5)21-12-15(2)23-10-11-24-13-16(23)3;/h6-9,15-17H,10-13H2,1-5H3,(H2,20,21,22);1H. The Hall–Kier alpha value is -0.860. The lowest BCUT2D eigenvalue weighted by Gasteiger charge is -2.38. The van der Waals surface area contributed by atoms with Crippen molar-refractivity contribution in [1.82, 2.24) is 15.5 Å². The molecule has 0 spiro atoms. The van der Waals surface area contributed by atoms with E-state index in [0.717, 1.165) is 32.3 Å². The van der Waals surface area contributed by atoms with Crippen molar-refractivity contribution in [3.8, 4) is 0 Å². The number of benzene rings is 1. The fraction of sp³-hybridized carbons (Fsp3) is 0.632. The highest BCUT2D eigenvalue weighted by atomic mass is 127. The van der Waals surface area contributed by atoms with Crippen LogP contribution in [0, 0.1) is 6.92 Å². The highest BCUT2D eigenvalue weighted by Crippen LogP contribution is 2.16. The number of hydrogen-bond acceptors (Lipinski definition) is 3. The average molecular weight is 460 g/mol. The number of hydrogen-bond donors (Lipinski definition) is 2. The SMILES string of the molecule is CN=C(NCC(C)N1CCOCC1C)NC(C)c1ccccc1C.I. The van der Waals surface area contributed by atoms with Crippen LogP contribution in [0.25, 0.3) is 0 Å². The lowest BCUT2D eigenvalue weighted by Crippen LogP contribution is -2.53. The van der Waals surface area contributed by atoms with Gasteiger partial charge in [0.2, 0.25) is 0 Å². The molecule has 1 saturated heterocycles. The summed E-state index contributed by atoms with van der Waals surface area (Å²) in [4.78, 5) is 6.87. The Kier molecular flexibility index (Phi) is 9.74. The first kappa shape index (κ1) is 22.2. The number of guanidine groups is 1. The molecular formula is C19H33IN4O. The molecule has 2 N–H and O–H groups in total. The van der Waals surface area contributed by atoms with Crippen LogP contribution < -0.4 is 10.6 Å². The molecule has 5 nitrogen and oxygen atoms in total. The minimum atomic E-state index is 0. The molecule has 2 rings (SSSR count). The van der Waals surface area contributed by atoms with E-state index in [-0.39, 0.29) is 30.0 Å². The van der Waals surface area contributed by atoms with Crippen LogP contribution in [0.5, 0.6) is 0 Å². The summed E-state index contributed by atoms with van der Waals surface area (Å²) in [7, 11) is 1.82. The smallest absolute Gasteiger partial charge is 0.191 e. The molecule has 0 aromatic heterocycles. The minimum Gasteiger partial charge on any atom is -0.379 e. The second-order valence-corrected chi connectivity index (χ2v) is 6.69. The molecule has 0 amide bonds. The third kappa shape index (κ3) is 6.42. The van der Waals surface area contributed by atoms with Gasteiger partial charge in [-0.2, -0.15) is 0 Å². The van der Waals surface area contributed by atoms with Crippen LogP contribution in [-0.4, -0.2) is 56.3 Å². The van der Waals surface area contributed by atoms with Crippen molar-refractivity contribution in [2.45, 2.75) is 45.8 Å². The summed E-state index contributed by atoms with van der Waals surface area (Å²) in [5.41, 5.74) is 2.60. The maximum absolute atomic E-state index is 5.52. The first-order valence-corrected chi connectivity index (χ1v) is 8.89. The zero-order chi connectivity index (χ0) is 17.5. The Balaban J connectivity index is 0.00000312.